The number of benzene rings is 3. The minimum absolute atomic E-state index is 0.118. The van der Waals surface area contributed by atoms with Crippen molar-refractivity contribution in [3.63, 3.8) is 0 Å². The van der Waals surface area contributed by atoms with E-state index in [4.69, 9.17) is 0 Å². The summed E-state index contributed by atoms with van der Waals surface area (Å²) in [5.41, 5.74) is 3.21. The van der Waals surface area contributed by atoms with Crippen molar-refractivity contribution < 1.29 is 18.0 Å². The van der Waals surface area contributed by atoms with Gasteiger partial charge in [-0.05, 0) is 60.9 Å². The SMILES string of the molecule is Cc1ccc(S(=O)(=O)N(CC(=O)NCc2cccc(CN3CCCC3=O)c2)c2ccc(Br)cc2)cc1. The van der Waals surface area contributed by atoms with Gasteiger partial charge in [-0.3, -0.25) is 13.9 Å². The molecule has 3 aromatic rings. The number of hydrogen-bond donors (Lipinski definition) is 1. The van der Waals surface area contributed by atoms with Crippen molar-refractivity contribution in [2.45, 2.75) is 37.8 Å². The molecule has 0 unspecified atom stereocenters. The van der Waals surface area contributed by atoms with Gasteiger partial charge in [-0.2, -0.15) is 0 Å². The first-order valence-corrected chi connectivity index (χ1v) is 13.9. The molecule has 2 amide bonds. The van der Waals surface area contributed by atoms with E-state index in [-0.39, 0.29) is 23.9 Å². The summed E-state index contributed by atoms with van der Waals surface area (Å²) in [6.07, 6.45) is 1.48. The maximum atomic E-state index is 13.5. The molecule has 1 N–H and O–H groups in total. The van der Waals surface area contributed by atoms with E-state index in [1.807, 2.05) is 36.1 Å². The lowest BCUT2D eigenvalue weighted by atomic mass is 10.1. The number of carbonyl (C=O) groups excluding carboxylic acids is 2. The topological polar surface area (TPSA) is 86.8 Å². The van der Waals surface area contributed by atoms with E-state index in [1.165, 1.54) is 0 Å². The zero-order valence-corrected chi connectivity index (χ0v) is 22.4. The Balaban J connectivity index is 1.47. The summed E-state index contributed by atoms with van der Waals surface area (Å²) < 4.78 is 28.9. The van der Waals surface area contributed by atoms with Crippen molar-refractivity contribution in [2.75, 3.05) is 17.4 Å². The van der Waals surface area contributed by atoms with E-state index < -0.39 is 15.9 Å². The highest BCUT2D eigenvalue weighted by Gasteiger charge is 2.27. The van der Waals surface area contributed by atoms with Gasteiger partial charge in [-0.25, -0.2) is 8.42 Å². The Morgan fingerprint density at radius 3 is 2.39 bits per heavy atom. The molecule has 0 aliphatic carbocycles. The molecule has 0 bridgehead atoms. The molecule has 0 spiro atoms. The highest BCUT2D eigenvalue weighted by molar-refractivity contribution is 9.10. The number of amides is 2. The summed E-state index contributed by atoms with van der Waals surface area (Å²) in [6.45, 7) is 3.08. The Kier molecular flexibility index (Phi) is 8.11. The molecule has 1 fully saturated rings. The van der Waals surface area contributed by atoms with Crippen LogP contribution in [0.5, 0.6) is 0 Å². The average molecular weight is 571 g/mol. The zero-order valence-electron chi connectivity index (χ0n) is 20.0. The summed E-state index contributed by atoms with van der Waals surface area (Å²) in [5, 5.41) is 2.84. The molecule has 3 aromatic carbocycles. The minimum Gasteiger partial charge on any atom is -0.350 e. The van der Waals surface area contributed by atoms with Gasteiger partial charge in [-0.15, -0.1) is 0 Å². The summed E-state index contributed by atoms with van der Waals surface area (Å²) in [6, 6.07) is 21.1. The number of rotatable bonds is 9. The van der Waals surface area contributed by atoms with Crippen LogP contribution in [0.2, 0.25) is 0 Å². The van der Waals surface area contributed by atoms with E-state index in [0.29, 0.717) is 18.7 Å². The van der Waals surface area contributed by atoms with Crippen molar-refractivity contribution in [2.24, 2.45) is 0 Å². The van der Waals surface area contributed by atoms with E-state index >= 15 is 0 Å². The van der Waals surface area contributed by atoms with Crippen LogP contribution in [-0.2, 0) is 32.7 Å². The number of anilines is 1. The fourth-order valence-corrected chi connectivity index (χ4v) is 5.76. The number of nitrogens with one attached hydrogen (secondary N) is 1. The van der Waals surface area contributed by atoms with Crippen LogP contribution in [0.15, 0.2) is 82.2 Å². The van der Waals surface area contributed by atoms with Crippen molar-refractivity contribution >= 4 is 43.5 Å². The molecular formula is C27H28BrN3O4S. The Morgan fingerprint density at radius 1 is 1.03 bits per heavy atom. The predicted octanol–water partition coefficient (Wildman–Crippen LogP) is 4.39. The number of carbonyl (C=O) groups is 2. The van der Waals surface area contributed by atoms with E-state index in [2.05, 4.69) is 21.2 Å². The lowest BCUT2D eigenvalue weighted by Crippen LogP contribution is -2.40. The first-order valence-electron chi connectivity index (χ1n) is 11.7. The molecular weight excluding hydrogens is 542 g/mol. The monoisotopic (exact) mass is 569 g/mol. The second-order valence-corrected chi connectivity index (χ2v) is 11.6. The standard InChI is InChI=1S/C27H28BrN3O4S/c1-20-7-13-25(14-8-20)36(34,35)31(24-11-9-23(28)10-12-24)19-26(32)29-17-21-4-2-5-22(16-21)18-30-15-3-6-27(30)33/h2,4-5,7-14,16H,3,6,15,17-19H2,1H3,(H,29,32). The molecule has 1 aliphatic heterocycles. The quantitative estimate of drug-likeness (QED) is 0.414. The van der Waals surface area contributed by atoms with E-state index in [1.54, 1.807) is 48.5 Å². The third-order valence-electron chi connectivity index (χ3n) is 6.04. The number of nitrogens with zero attached hydrogens (tertiary/aromatic N) is 2. The molecule has 9 heteroatoms. The van der Waals surface area contributed by atoms with Crippen LogP contribution in [0, 0.1) is 6.92 Å². The molecule has 4 rings (SSSR count). The van der Waals surface area contributed by atoms with Crippen LogP contribution in [-0.4, -0.2) is 38.2 Å². The van der Waals surface area contributed by atoms with Gasteiger partial charge in [0.05, 0.1) is 10.6 Å². The minimum atomic E-state index is -3.97. The van der Waals surface area contributed by atoms with Crippen LogP contribution >= 0.6 is 15.9 Å². The maximum absolute atomic E-state index is 13.5. The number of likely N-dealkylation sites (tertiary alicyclic amines) is 1. The van der Waals surface area contributed by atoms with Crippen molar-refractivity contribution in [1.82, 2.24) is 10.2 Å². The highest BCUT2D eigenvalue weighted by atomic mass is 79.9. The lowest BCUT2D eigenvalue weighted by Gasteiger charge is -2.24. The third-order valence-corrected chi connectivity index (χ3v) is 8.35. The third kappa shape index (κ3) is 6.33. The smallest absolute Gasteiger partial charge is 0.264 e. The molecule has 7 nitrogen and oxygen atoms in total. The molecule has 188 valence electrons. The second-order valence-electron chi connectivity index (χ2n) is 8.82. The molecule has 1 heterocycles. The maximum Gasteiger partial charge on any atom is 0.264 e. The van der Waals surface area contributed by atoms with Crippen LogP contribution < -0.4 is 9.62 Å². The molecule has 1 aliphatic rings. The molecule has 36 heavy (non-hydrogen) atoms. The van der Waals surface area contributed by atoms with Gasteiger partial charge in [0.1, 0.15) is 6.54 Å². The van der Waals surface area contributed by atoms with Gasteiger partial charge < -0.3 is 10.2 Å². The number of aryl methyl sites for hydroxylation is 1. The van der Waals surface area contributed by atoms with Crippen LogP contribution in [0.4, 0.5) is 5.69 Å². The van der Waals surface area contributed by atoms with Gasteiger partial charge in [0.25, 0.3) is 10.0 Å². The summed E-state index contributed by atoms with van der Waals surface area (Å²) in [7, 11) is -3.97. The Morgan fingerprint density at radius 2 is 1.72 bits per heavy atom. The molecule has 0 saturated carbocycles. The summed E-state index contributed by atoms with van der Waals surface area (Å²) in [4.78, 5) is 26.8. The number of halogens is 1. The number of hydrogen-bond acceptors (Lipinski definition) is 4. The predicted molar refractivity (Wildman–Crippen MR) is 143 cm³/mol. The summed E-state index contributed by atoms with van der Waals surface area (Å²) in [5.74, 6) is -0.259. The second kappa shape index (κ2) is 11.3. The van der Waals surface area contributed by atoms with Crippen LogP contribution in [0.3, 0.4) is 0 Å². The first-order chi connectivity index (χ1) is 17.2. The van der Waals surface area contributed by atoms with Crippen LogP contribution in [0.1, 0.15) is 29.5 Å². The Labute approximate surface area is 220 Å². The lowest BCUT2D eigenvalue weighted by molar-refractivity contribution is -0.128. The van der Waals surface area contributed by atoms with Gasteiger partial charge >= 0.3 is 0 Å². The fraction of sp³-hybridized carbons (Fsp3) is 0.259. The Hall–Kier alpha value is -3.17. The van der Waals surface area contributed by atoms with E-state index in [9.17, 15) is 18.0 Å². The largest absolute Gasteiger partial charge is 0.350 e. The molecule has 0 atom stereocenters. The highest BCUT2D eigenvalue weighted by Crippen LogP contribution is 2.25. The Bertz CT molecular complexity index is 1340. The van der Waals surface area contributed by atoms with Crippen molar-refractivity contribution in [3.05, 3.63) is 94.0 Å². The van der Waals surface area contributed by atoms with Crippen LogP contribution in [0.25, 0.3) is 0 Å². The van der Waals surface area contributed by atoms with Gasteiger partial charge in [0.15, 0.2) is 0 Å². The molecule has 0 radical (unpaired) electrons. The van der Waals surface area contributed by atoms with Gasteiger partial charge in [0.2, 0.25) is 11.8 Å². The average Bonchev–Trinajstić information content (AvgIpc) is 3.26. The number of sulfonamides is 1. The molecule has 1 saturated heterocycles. The summed E-state index contributed by atoms with van der Waals surface area (Å²) >= 11 is 3.37. The van der Waals surface area contributed by atoms with Gasteiger partial charge in [-0.1, -0.05) is 57.9 Å². The van der Waals surface area contributed by atoms with Crippen molar-refractivity contribution in [3.8, 4) is 0 Å². The van der Waals surface area contributed by atoms with Gasteiger partial charge in [0, 0.05) is 30.5 Å². The normalized spacial score (nSPS) is 13.6. The van der Waals surface area contributed by atoms with E-state index in [0.717, 1.165) is 38.4 Å². The fourth-order valence-electron chi connectivity index (χ4n) is 4.08. The zero-order chi connectivity index (χ0) is 25.7. The first kappa shape index (κ1) is 25.9. The molecule has 0 aromatic heterocycles. The van der Waals surface area contributed by atoms with Crippen molar-refractivity contribution in [1.29, 1.82) is 0 Å².